The number of anilines is 3. The molecular formula is C28H31F2N7O2. The Kier molecular flexibility index (Phi) is 7.01. The van der Waals surface area contributed by atoms with Gasteiger partial charge in [-0.2, -0.15) is 9.61 Å². The molecule has 4 aromatic rings. The number of aromatic nitrogens is 4. The third kappa shape index (κ3) is 5.37. The molecule has 0 amide bonds. The molecule has 0 aliphatic carbocycles. The van der Waals surface area contributed by atoms with Crippen LogP contribution in [0.25, 0.3) is 16.8 Å². The Morgan fingerprint density at radius 2 is 1.87 bits per heavy atom. The van der Waals surface area contributed by atoms with E-state index >= 15 is 8.78 Å². The van der Waals surface area contributed by atoms with Crippen LogP contribution in [-0.2, 0) is 4.74 Å². The van der Waals surface area contributed by atoms with Crippen molar-refractivity contribution in [1.82, 2.24) is 19.6 Å². The van der Waals surface area contributed by atoms with Crippen LogP contribution in [-0.4, -0.2) is 58.0 Å². The Bertz CT molecular complexity index is 1440. The third-order valence-electron chi connectivity index (χ3n) is 7.20. The maximum atomic E-state index is 15.2. The summed E-state index contributed by atoms with van der Waals surface area (Å²) in [6.07, 6.45) is 7.33. The fourth-order valence-electron chi connectivity index (χ4n) is 5.43. The Hall–Kier alpha value is -3.83. The predicted molar refractivity (Wildman–Crippen MR) is 144 cm³/mol. The molecule has 2 aliphatic rings. The third-order valence-corrected chi connectivity index (χ3v) is 7.20. The number of benzene rings is 1. The SMILES string of the molecule is C[C@@H]1C[C@H](N)CN(c2ccncc2Nc2ncc3ccc(-c4c(F)cc(OC5CCOCC5)cc4F)nn23)C1. The number of piperidine rings is 1. The van der Waals surface area contributed by atoms with Gasteiger partial charge in [0, 0.05) is 50.3 Å². The second kappa shape index (κ2) is 10.7. The minimum atomic E-state index is -0.747. The molecule has 204 valence electrons. The highest BCUT2D eigenvalue weighted by Crippen LogP contribution is 2.33. The van der Waals surface area contributed by atoms with Gasteiger partial charge >= 0.3 is 0 Å². The summed E-state index contributed by atoms with van der Waals surface area (Å²) in [6, 6.07) is 7.74. The van der Waals surface area contributed by atoms with E-state index in [4.69, 9.17) is 15.2 Å². The summed E-state index contributed by atoms with van der Waals surface area (Å²) >= 11 is 0. The average Bonchev–Trinajstić information content (AvgIpc) is 3.30. The molecule has 2 fully saturated rings. The van der Waals surface area contributed by atoms with Gasteiger partial charge in [-0.3, -0.25) is 4.98 Å². The number of rotatable bonds is 6. The Morgan fingerprint density at radius 1 is 1.08 bits per heavy atom. The molecule has 11 heteroatoms. The fraction of sp³-hybridized carbons (Fsp3) is 0.393. The van der Waals surface area contributed by atoms with E-state index in [1.54, 1.807) is 30.7 Å². The molecule has 0 unspecified atom stereocenters. The molecule has 0 spiro atoms. The van der Waals surface area contributed by atoms with Crippen molar-refractivity contribution in [1.29, 1.82) is 0 Å². The first-order chi connectivity index (χ1) is 18.9. The van der Waals surface area contributed by atoms with Crippen LogP contribution in [0.15, 0.2) is 48.9 Å². The zero-order valence-electron chi connectivity index (χ0n) is 21.7. The van der Waals surface area contributed by atoms with Gasteiger partial charge in [-0.15, -0.1) is 0 Å². The number of hydrogen-bond acceptors (Lipinski definition) is 8. The standard InChI is InChI=1S/C28H31F2N7O2/c1-17-10-18(31)16-36(15-17)26-4-7-32-14-25(26)34-28-33-13-19-2-3-24(35-37(19)28)27-22(29)11-21(12-23(27)30)39-20-5-8-38-9-6-20/h2-4,7,11-14,17-18,20H,5-6,8-10,15-16,31H2,1H3,(H,33,34)/t17-,18+/m1/s1. The zero-order chi connectivity index (χ0) is 26.9. The van der Waals surface area contributed by atoms with Crippen LogP contribution in [0.3, 0.4) is 0 Å². The highest BCUT2D eigenvalue weighted by Gasteiger charge is 2.25. The number of hydrogen-bond donors (Lipinski definition) is 2. The second-order valence-corrected chi connectivity index (χ2v) is 10.4. The van der Waals surface area contributed by atoms with E-state index in [9.17, 15) is 0 Å². The van der Waals surface area contributed by atoms with Crippen molar-refractivity contribution in [2.75, 3.05) is 36.5 Å². The summed E-state index contributed by atoms with van der Waals surface area (Å²) in [5, 5.41) is 7.85. The summed E-state index contributed by atoms with van der Waals surface area (Å²) in [5.41, 5.74) is 8.56. The fourth-order valence-corrected chi connectivity index (χ4v) is 5.43. The summed E-state index contributed by atoms with van der Waals surface area (Å²) in [6.45, 7) is 4.95. The topological polar surface area (TPSA) is 103 Å². The first-order valence-corrected chi connectivity index (χ1v) is 13.2. The molecule has 2 aliphatic heterocycles. The molecule has 2 saturated heterocycles. The van der Waals surface area contributed by atoms with E-state index in [0.29, 0.717) is 43.4 Å². The largest absolute Gasteiger partial charge is 0.490 e. The zero-order valence-corrected chi connectivity index (χ0v) is 21.7. The smallest absolute Gasteiger partial charge is 0.229 e. The van der Waals surface area contributed by atoms with Crippen molar-refractivity contribution in [2.24, 2.45) is 11.7 Å². The number of nitrogens with zero attached hydrogens (tertiary/aromatic N) is 5. The van der Waals surface area contributed by atoms with Crippen LogP contribution in [0.2, 0.25) is 0 Å². The molecule has 3 N–H and O–H groups in total. The van der Waals surface area contributed by atoms with Gasteiger partial charge in [0.1, 0.15) is 23.5 Å². The van der Waals surface area contributed by atoms with E-state index in [2.05, 4.69) is 32.2 Å². The molecule has 1 aromatic carbocycles. The van der Waals surface area contributed by atoms with Crippen LogP contribution in [0.1, 0.15) is 26.2 Å². The number of imidazole rings is 1. The molecule has 9 nitrogen and oxygen atoms in total. The molecule has 5 heterocycles. The Morgan fingerprint density at radius 3 is 2.64 bits per heavy atom. The van der Waals surface area contributed by atoms with Gasteiger partial charge in [-0.05, 0) is 30.5 Å². The lowest BCUT2D eigenvalue weighted by Gasteiger charge is -2.37. The Balaban J connectivity index is 1.29. The van der Waals surface area contributed by atoms with E-state index in [-0.39, 0.29) is 29.2 Å². The minimum Gasteiger partial charge on any atom is -0.490 e. The lowest BCUT2D eigenvalue weighted by molar-refractivity contribution is 0.0253. The first kappa shape index (κ1) is 25.4. The average molecular weight is 536 g/mol. The summed E-state index contributed by atoms with van der Waals surface area (Å²) in [4.78, 5) is 11.0. The van der Waals surface area contributed by atoms with Gasteiger partial charge in [-0.1, -0.05) is 6.92 Å². The number of halogens is 2. The summed E-state index contributed by atoms with van der Waals surface area (Å²) < 4.78 is 43.0. The van der Waals surface area contributed by atoms with Crippen LogP contribution in [0, 0.1) is 17.6 Å². The number of nitrogens with two attached hydrogens (primary N) is 1. The van der Waals surface area contributed by atoms with Crippen LogP contribution in [0.5, 0.6) is 5.75 Å². The second-order valence-electron chi connectivity index (χ2n) is 10.4. The lowest BCUT2D eigenvalue weighted by atomic mass is 9.96. The number of ether oxygens (including phenoxy) is 2. The van der Waals surface area contributed by atoms with Gasteiger partial charge in [0.15, 0.2) is 0 Å². The number of pyridine rings is 1. The first-order valence-electron chi connectivity index (χ1n) is 13.2. The van der Waals surface area contributed by atoms with E-state index in [1.807, 2.05) is 6.07 Å². The van der Waals surface area contributed by atoms with Gasteiger partial charge in [-0.25, -0.2) is 13.8 Å². The highest BCUT2D eigenvalue weighted by molar-refractivity contribution is 5.74. The molecule has 6 rings (SSSR count). The molecule has 0 radical (unpaired) electrons. The van der Waals surface area contributed by atoms with Crippen molar-refractivity contribution in [3.05, 3.63) is 60.6 Å². The van der Waals surface area contributed by atoms with Crippen molar-refractivity contribution in [2.45, 2.75) is 38.3 Å². The number of nitrogens with one attached hydrogen (secondary N) is 1. The van der Waals surface area contributed by atoms with Crippen molar-refractivity contribution in [3.63, 3.8) is 0 Å². The normalized spacial score (nSPS) is 20.4. The predicted octanol–water partition coefficient (Wildman–Crippen LogP) is 4.54. The molecule has 2 atom stereocenters. The number of fused-ring (bicyclic) bond motifs is 1. The van der Waals surface area contributed by atoms with Crippen LogP contribution < -0.4 is 20.7 Å². The Labute approximate surface area is 225 Å². The van der Waals surface area contributed by atoms with E-state index in [0.717, 1.165) is 30.9 Å². The van der Waals surface area contributed by atoms with E-state index < -0.39 is 11.6 Å². The molecule has 0 bridgehead atoms. The quantitative estimate of drug-likeness (QED) is 0.371. The maximum absolute atomic E-state index is 15.2. The monoisotopic (exact) mass is 535 g/mol. The highest BCUT2D eigenvalue weighted by atomic mass is 19.1. The molecule has 0 saturated carbocycles. The minimum absolute atomic E-state index is 0.0875. The van der Waals surface area contributed by atoms with Crippen LogP contribution >= 0.6 is 0 Å². The maximum Gasteiger partial charge on any atom is 0.229 e. The van der Waals surface area contributed by atoms with Crippen molar-refractivity contribution >= 4 is 22.8 Å². The van der Waals surface area contributed by atoms with E-state index in [1.165, 1.54) is 16.6 Å². The van der Waals surface area contributed by atoms with Gasteiger partial charge in [0.2, 0.25) is 5.95 Å². The lowest BCUT2D eigenvalue weighted by Crippen LogP contribution is -2.46. The molecule has 3 aromatic heterocycles. The summed E-state index contributed by atoms with van der Waals surface area (Å²) in [7, 11) is 0. The van der Waals surface area contributed by atoms with Crippen molar-refractivity contribution in [3.8, 4) is 17.0 Å². The van der Waals surface area contributed by atoms with Gasteiger partial charge < -0.3 is 25.4 Å². The summed E-state index contributed by atoms with van der Waals surface area (Å²) in [5.74, 6) is -0.477. The molecule has 39 heavy (non-hydrogen) atoms. The van der Waals surface area contributed by atoms with Gasteiger partial charge in [0.05, 0.1) is 53.8 Å². The molecular weight excluding hydrogens is 504 g/mol. The van der Waals surface area contributed by atoms with Crippen molar-refractivity contribution < 1.29 is 18.3 Å². The van der Waals surface area contributed by atoms with Gasteiger partial charge in [0.25, 0.3) is 0 Å². The van der Waals surface area contributed by atoms with Crippen LogP contribution in [0.4, 0.5) is 26.1 Å².